The van der Waals surface area contributed by atoms with Gasteiger partial charge in [-0.2, -0.15) is 0 Å². The molecule has 29 heavy (non-hydrogen) atoms. The summed E-state index contributed by atoms with van der Waals surface area (Å²) in [5.74, 6) is -0.408. The van der Waals surface area contributed by atoms with E-state index in [2.05, 4.69) is 17.0 Å². The molecular formula is C23H28N2O4. The van der Waals surface area contributed by atoms with E-state index >= 15 is 0 Å². The molecule has 0 atom stereocenters. The third kappa shape index (κ3) is 4.59. The first-order valence-electron chi connectivity index (χ1n) is 9.88. The highest BCUT2D eigenvalue weighted by molar-refractivity contribution is 5.99. The summed E-state index contributed by atoms with van der Waals surface area (Å²) in [4.78, 5) is 29.4. The zero-order chi connectivity index (χ0) is 20.7. The number of esters is 1. The molecule has 0 bridgehead atoms. The molecule has 0 N–H and O–H groups in total. The number of carbonyl (C=O) groups excluding carboxylic acids is 2. The molecule has 0 aromatic heterocycles. The largest absolute Gasteiger partial charge is 0.467 e. The van der Waals surface area contributed by atoms with Crippen LogP contribution in [-0.2, 0) is 20.7 Å². The number of amides is 1. The lowest BCUT2D eigenvalue weighted by molar-refractivity contribution is -0.149. The third-order valence-electron chi connectivity index (χ3n) is 5.61. The molecule has 1 aliphatic heterocycles. The molecule has 2 aromatic carbocycles. The molecule has 0 aliphatic carbocycles. The van der Waals surface area contributed by atoms with Gasteiger partial charge < -0.3 is 14.4 Å². The van der Waals surface area contributed by atoms with Crippen LogP contribution in [0.4, 0.5) is 10.5 Å². The van der Waals surface area contributed by atoms with E-state index in [1.165, 1.54) is 24.7 Å². The van der Waals surface area contributed by atoms with E-state index in [4.69, 9.17) is 9.47 Å². The van der Waals surface area contributed by atoms with Gasteiger partial charge in [0.15, 0.2) is 5.54 Å². The number of benzene rings is 2. The lowest BCUT2D eigenvalue weighted by Crippen LogP contribution is -2.62. The van der Waals surface area contributed by atoms with Gasteiger partial charge >= 0.3 is 12.1 Å². The summed E-state index contributed by atoms with van der Waals surface area (Å²) in [7, 11) is 2.70. The third-order valence-corrected chi connectivity index (χ3v) is 5.61. The number of rotatable bonds is 6. The van der Waals surface area contributed by atoms with Crippen molar-refractivity contribution in [3.05, 3.63) is 66.2 Å². The topological polar surface area (TPSA) is 59.1 Å². The van der Waals surface area contributed by atoms with Crippen molar-refractivity contribution >= 4 is 17.7 Å². The molecule has 6 nitrogen and oxygen atoms in total. The predicted octanol–water partition coefficient (Wildman–Crippen LogP) is 3.51. The van der Waals surface area contributed by atoms with Gasteiger partial charge in [0.25, 0.3) is 0 Å². The van der Waals surface area contributed by atoms with Gasteiger partial charge in [-0.1, -0.05) is 48.5 Å². The summed E-state index contributed by atoms with van der Waals surface area (Å²) >= 11 is 0. The number of hydrogen-bond donors (Lipinski definition) is 0. The van der Waals surface area contributed by atoms with Gasteiger partial charge in [0, 0.05) is 25.3 Å². The van der Waals surface area contributed by atoms with Gasteiger partial charge in [0.2, 0.25) is 0 Å². The first-order chi connectivity index (χ1) is 14.1. The maximum absolute atomic E-state index is 12.9. The normalized spacial score (nSPS) is 16.1. The Hall–Kier alpha value is -2.86. The standard InChI is InChI=1S/C23H28N2O4/c1-28-21(26)23(25(22(27)29-2)20-11-7-4-8-12-20)14-17-24(18-15-23)16-13-19-9-5-3-6-10-19/h3-12H,13-18H2,1-2H3. The van der Waals surface area contributed by atoms with Gasteiger partial charge in [-0.25, -0.2) is 9.59 Å². The minimum atomic E-state index is -1.08. The van der Waals surface area contributed by atoms with E-state index in [1.807, 2.05) is 48.5 Å². The number of nitrogens with zero attached hydrogens (tertiary/aromatic N) is 2. The van der Waals surface area contributed by atoms with Crippen LogP contribution in [0, 0.1) is 0 Å². The summed E-state index contributed by atoms with van der Waals surface area (Å²) in [5.41, 5.74) is 0.840. The highest BCUT2D eigenvalue weighted by Crippen LogP contribution is 2.35. The van der Waals surface area contributed by atoms with Gasteiger partial charge in [-0.15, -0.1) is 0 Å². The van der Waals surface area contributed by atoms with Crippen LogP contribution >= 0.6 is 0 Å². The minimum absolute atomic E-state index is 0.408. The smallest absolute Gasteiger partial charge is 0.415 e. The monoisotopic (exact) mass is 396 g/mol. The molecule has 2 aromatic rings. The molecule has 0 saturated carbocycles. The molecule has 1 heterocycles. The van der Waals surface area contributed by atoms with E-state index in [9.17, 15) is 9.59 Å². The molecule has 1 aliphatic rings. The van der Waals surface area contributed by atoms with Crippen molar-refractivity contribution in [1.82, 2.24) is 4.90 Å². The van der Waals surface area contributed by atoms with Crippen molar-refractivity contribution in [3.8, 4) is 0 Å². The van der Waals surface area contributed by atoms with E-state index < -0.39 is 17.6 Å². The molecule has 0 radical (unpaired) electrons. The Morgan fingerprint density at radius 3 is 2.07 bits per heavy atom. The summed E-state index contributed by atoms with van der Waals surface area (Å²) in [5, 5.41) is 0. The Morgan fingerprint density at radius 2 is 1.52 bits per heavy atom. The summed E-state index contributed by atoms with van der Waals surface area (Å²) in [6.45, 7) is 2.30. The summed E-state index contributed by atoms with van der Waals surface area (Å²) in [6.07, 6.45) is 1.36. The SMILES string of the molecule is COC(=O)N(c1ccccc1)C1(C(=O)OC)CCN(CCc2ccccc2)CC1. The van der Waals surface area contributed by atoms with Crippen molar-refractivity contribution in [3.63, 3.8) is 0 Å². The highest BCUT2D eigenvalue weighted by Gasteiger charge is 2.50. The van der Waals surface area contributed by atoms with Crippen LogP contribution in [0.1, 0.15) is 18.4 Å². The van der Waals surface area contributed by atoms with Crippen LogP contribution in [0.2, 0.25) is 0 Å². The lowest BCUT2D eigenvalue weighted by atomic mass is 9.85. The molecular weight excluding hydrogens is 368 g/mol. The minimum Gasteiger partial charge on any atom is -0.467 e. The average Bonchev–Trinajstić information content (AvgIpc) is 2.79. The molecule has 1 saturated heterocycles. The predicted molar refractivity (Wildman–Crippen MR) is 112 cm³/mol. The average molecular weight is 396 g/mol. The van der Waals surface area contributed by atoms with Crippen molar-refractivity contribution in [2.75, 3.05) is 38.8 Å². The number of carbonyl (C=O) groups is 2. The van der Waals surface area contributed by atoms with E-state index in [0.717, 1.165) is 13.0 Å². The summed E-state index contributed by atoms with van der Waals surface area (Å²) < 4.78 is 10.2. The number of likely N-dealkylation sites (tertiary alicyclic amines) is 1. The van der Waals surface area contributed by atoms with Gasteiger partial charge in [-0.3, -0.25) is 4.90 Å². The number of methoxy groups -OCH3 is 2. The fourth-order valence-corrected chi connectivity index (χ4v) is 3.98. The first kappa shape index (κ1) is 20.9. The van der Waals surface area contributed by atoms with E-state index in [0.29, 0.717) is 31.6 Å². The Balaban J connectivity index is 1.79. The van der Waals surface area contributed by atoms with Gasteiger partial charge in [-0.05, 0) is 37.0 Å². The van der Waals surface area contributed by atoms with Crippen molar-refractivity contribution < 1.29 is 19.1 Å². The highest BCUT2D eigenvalue weighted by atomic mass is 16.5. The van der Waals surface area contributed by atoms with Crippen LogP contribution in [0.25, 0.3) is 0 Å². The first-order valence-corrected chi connectivity index (χ1v) is 9.88. The van der Waals surface area contributed by atoms with Crippen molar-refractivity contribution in [1.29, 1.82) is 0 Å². The molecule has 154 valence electrons. The van der Waals surface area contributed by atoms with Gasteiger partial charge in [0.1, 0.15) is 0 Å². The Labute approximate surface area is 172 Å². The molecule has 1 fully saturated rings. The van der Waals surface area contributed by atoms with Crippen LogP contribution in [-0.4, -0.2) is 56.4 Å². The van der Waals surface area contributed by atoms with E-state index in [1.54, 1.807) is 0 Å². The maximum atomic E-state index is 12.9. The quantitative estimate of drug-likeness (QED) is 0.700. The van der Waals surface area contributed by atoms with Crippen LogP contribution in [0.3, 0.4) is 0 Å². The Morgan fingerprint density at radius 1 is 0.931 bits per heavy atom. The molecule has 3 rings (SSSR count). The fraction of sp³-hybridized carbons (Fsp3) is 0.391. The fourth-order valence-electron chi connectivity index (χ4n) is 3.98. The molecule has 0 unspecified atom stereocenters. The number of para-hydroxylation sites is 1. The Bertz CT molecular complexity index is 802. The molecule has 1 amide bonds. The van der Waals surface area contributed by atoms with Crippen LogP contribution < -0.4 is 4.90 Å². The van der Waals surface area contributed by atoms with E-state index in [-0.39, 0.29) is 0 Å². The second-order valence-electron chi connectivity index (χ2n) is 7.24. The van der Waals surface area contributed by atoms with Crippen molar-refractivity contribution in [2.24, 2.45) is 0 Å². The van der Waals surface area contributed by atoms with Crippen LogP contribution in [0.5, 0.6) is 0 Å². The molecule has 6 heteroatoms. The number of piperidine rings is 1. The lowest BCUT2D eigenvalue weighted by Gasteiger charge is -2.45. The van der Waals surface area contributed by atoms with Crippen LogP contribution in [0.15, 0.2) is 60.7 Å². The summed E-state index contributed by atoms with van der Waals surface area (Å²) in [6, 6.07) is 19.5. The van der Waals surface area contributed by atoms with Gasteiger partial charge in [0.05, 0.1) is 14.2 Å². The Kier molecular flexibility index (Phi) is 6.88. The maximum Gasteiger partial charge on any atom is 0.415 e. The van der Waals surface area contributed by atoms with Crippen molar-refractivity contribution in [2.45, 2.75) is 24.8 Å². The molecule has 0 spiro atoms. The zero-order valence-electron chi connectivity index (χ0n) is 17.0. The second-order valence-corrected chi connectivity index (χ2v) is 7.24. The zero-order valence-corrected chi connectivity index (χ0v) is 17.0. The number of hydrogen-bond acceptors (Lipinski definition) is 5. The second kappa shape index (κ2) is 9.56. The number of ether oxygens (including phenoxy) is 2. The number of anilines is 1.